The molecular formula is C21H15N3O3S2. The topological polar surface area (TPSA) is 73.3 Å². The zero-order valence-corrected chi connectivity index (χ0v) is 16.8. The summed E-state index contributed by atoms with van der Waals surface area (Å²) in [6, 6.07) is 15.5. The van der Waals surface area contributed by atoms with E-state index in [4.69, 9.17) is 9.47 Å². The smallest absolute Gasteiger partial charge is 0.234 e. The van der Waals surface area contributed by atoms with Crippen molar-refractivity contribution in [3.8, 4) is 22.6 Å². The first-order chi connectivity index (χ1) is 14.3. The molecule has 144 valence electrons. The van der Waals surface area contributed by atoms with E-state index < -0.39 is 0 Å². The summed E-state index contributed by atoms with van der Waals surface area (Å²) in [5.41, 5.74) is 2.87. The number of carbonyl (C=O) groups is 1. The minimum atomic E-state index is -0.114. The van der Waals surface area contributed by atoms with E-state index in [1.165, 1.54) is 11.8 Å². The lowest BCUT2D eigenvalue weighted by Gasteiger charge is -2.07. The highest BCUT2D eigenvalue weighted by molar-refractivity contribution is 8.00. The largest absolute Gasteiger partial charge is 0.454 e. The van der Waals surface area contributed by atoms with E-state index in [0.717, 1.165) is 26.4 Å². The van der Waals surface area contributed by atoms with Gasteiger partial charge in [-0.1, -0.05) is 42.1 Å². The molecule has 1 aliphatic rings. The van der Waals surface area contributed by atoms with Gasteiger partial charge in [-0.2, -0.15) is 0 Å². The van der Waals surface area contributed by atoms with Crippen LogP contribution in [0.2, 0.25) is 0 Å². The monoisotopic (exact) mass is 421 g/mol. The van der Waals surface area contributed by atoms with Gasteiger partial charge in [-0.15, -0.1) is 11.3 Å². The fourth-order valence-electron chi connectivity index (χ4n) is 3.09. The zero-order valence-electron chi connectivity index (χ0n) is 15.1. The van der Waals surface area contributed by atoms with Crippen molar-refractivity contribution in [2.45, 2.75) is 5.03 Å². The van der Waals surface area contributed by atoms with Crippen LogP contribution in [0.25, 0.3) is 21.3 Å². The Morgan fingerprint density at radius 3 is 2.86 bits per heavy atom. The molecule has 3 heterocycles. The Morgan fingerprint density at radius 2 is 1.97 bits per heavy atom. The molecule has 5 rings (SSSR count). The van der Waals surface area contributed by atoms with Gasteiger partial charge >= 0.3 is 0 Å². The van der Waals surface area contributed by atoms with E-state index in [0.29, 0.717) is 17.2 Å². The fraction of sp³-hybridized carbons (Fsp3) is 0.0952. The molecule has 0 spiro atoms. The van der Waals surface area contributed by atoms with Gasteiger partial charge in [0.2, 0.25) is 12.7 Å². The molecule has 0 atom stereocenters. The highest BCUT2D eigenvalue weighted by Crippen LogP contribution is 2.38. The fourth-order valence-corrected chi connectivity index (χ4v) is 4.89. The number of hydrogen-bond acceptors (Lipinski definition) is 7. The molecule has 0 saturated heterocycles. The molecule has 4 aromatic rings. The number of benzene rings is 2. The van der Waals surface area contributed by atoms with Gasteiger partial charge in [0.05, 0.1) is 11.1 Å². The maximum absolute atomic E-state index is 12.5. The van der Waals surface area contributed by atoms with Crippen LogP contribution in [0, 0.1) is 0 Å². The van der Waals surface area contributed by atoms with Gasteiger partial charge in [0.25, 0.3) is 0 Å². The molecular weight excluding hydrogens is 406 g/mol. The number of amides is 1. The molecule has 6 nitrogen and oxygen atoms in total. The van der Waals surface area contributed by atoms with Crippen LogP contribution in [0.1, 0.15) is 0 Å². The zero-order chi connectivity index (χ0) is 19.6. The molecule has 1 N–H and O–H groups in total. The molecule has 1 amide bonds. The second kappa shape index (κ2) is 7.73. The number of anilines is 1. The molecule has 2 aromatic carbocycles. The highest BCUT2D eigenvalue weighted by atomic mass is 32.2. The number of aromatic nitrogens is 2. The Hall–Kier alpha value is -3.10. The van der Waals surface area contributed by atoms with E-state index in [9.17, 15) is 4.79 Å². The first-order valence-electron chi connectivity index (χ1n) is 8.88. The standard InChI is InChI=1S/C21H15N3O3S2/c25-18(24-14-6-7-16-17(8-14)27-12-26-16)10-29-21-19-15(13-4-2-1-3-5-13)9-28-20(19)22-11-23-21/h1-9,11H,10,12H2,(H,24,25). The third-order valence-corrected chi connectivity index (χ3v) is 6.29. The maximum atomic E-state index is 12.5. The number of thioether (sulfide) groups is 1. The van der Waals surface area contributed by atoms with Crippen LogP contribution < -0.4 is 14.8 Å². The Labute approximate surface area is 174 Å². The lowest BCUT2D eigenvalue weighted by atomic mass is 10.1. The summed E-state index contributed by atoms with van der Waals surface area (Å²) in [6.07, 6.45) is 1.55. The predicted octanol–water partition coefficient (Wildman–Crippen LogP) is 4.82. The molecule has 1 aliphatic heterocycles. The normalized spacial score (nSPS) is 12.3. The van der Waals surface area contributed by atoms with Crippen LogP contribution in [0.15, 0.2) is 65.3 Å². The number of nitrogens with one attached hydrogen (secondary N) is 1. The Kier molecular flexibility index (Phi) is 4.79. The number of fused-ring (bicyclic) bond motifs is 2. The molecule has 0 unspecified atom stereocenters. The van der Waals surface area contributed by atoms with Crippen molar-refractivity contribution in [1.82, 2.24) is 9.97 Å². The van der Waals surface area contributed by atoms with Gasteiger partial charge < -0.3 is 14.8 Å². The SMILES string of the molecule is O=C(CSc1ncnc2scc(-c3ccccc3)c12)Nc1ccc2c(c1)OCO2. The third-order valence-electron chi connectivity index (χ3n) is 4.42. The second-order valence-corrected chi connectivity index (χ2v) is 8.10. The summed E-state index contributed by atoms with van der Waals surface area (Å²) in [4.78, 5) is 22.2. The van der Waals surface area contributed by atoms with Gasteiger partial charge in [0, 0.05) is 22.7 Å². The van der Waals surface area contributed by atoms with Crippen molar-refractivity contribution < 1.29 is 14.3 Å². The average molecular weight is 422 g/mol. The van der Waals surface area contributed by atoms with Crippen LogP contribution in [0.3, 0.4) is 0 Å². The lowest BCUT2D eigenvalue weighted by molar-refractivity contribution is -0.113. The van der Waals surface area contributed by atoms with Crippen molar-refractivity contribution in [3.63, 3.8) is 0 Å². The quantitative estimate of drug-likeness (QED) is 0.368. The molecule has 0 fully saturated rings. The van der Waals surface area contributed by atoms with Crippen LogP contribution in [-0.2, 0) is 4.79 Å². The summed E-state index contributed by atoms with van der Waals surface area (Å²) in [5.74, 6) is 1.45. The number of ether oxygens (including phenoxy) is 2. The van der Waals surface area contributed by atoms with E-state index in [-0.39, 0.29) is 18.5 Å². The number of carbonyl (C=O) groups excluding carboxylic acids is 1. The first-order valence-corrected chi connectivity index (χ1v) is 10.7. The number of nitrogens with zero attached hydrogens (tertiary/aromatic N) is 2. The Balaban J connectivity index is 1.34. The molecule has 2 aromatic heterocycles. The van der Waals surface area contributed by atoms with E-state index >= 15 is 0 Å². The molecule has 0 bridgehead atoms. The summed E-state index contributed by atoms with van der Waals surface area (Å²) in [7, 11) is 0. The van der Waals surface area contributed by atoms with Crippen molar-refractivity contribution in [2.75, 3.05) is 17.9 Å². The maximum Gasteiger partial charge on any atom is 0.234 e. The van der Waals surface area contributed by atoms with E-state index in [1.807, 2.05) is 18.2 Å². The summed E-state index contributed by atoms with van der Waals surface area (Å²) in [6.45, 7) is 0.205. The van der Waals surface area contributed by atoms with E-state index in [1.54, 1.807) is 35.9 Å². The van der Waals surface area contributed by atoms with Crippen molar-refractivity contribution in [2.24, 2.45) is 0 Å². The molecule has 0 radical (unpaired) electrons. The second-order valence-electron chi connectivity index (χ2n) is 6.28. The van der Waals surface area contributed by atoms with Gasteiger partial charge in [-0.25, -0.2) is 9.97 Å². The Morgan fingerprint density at radius 1 is 1.10 bits per heavy atom. The number of rotatable bonds is 5. The third kappa shape index (κ3) is 3.64. The predicted molar refractivity (Wildman–Crippen MR) is 115 cm³/mol. The van der Waals surface area contributed by atoms with Gasteiger partial charge in [0.15, 0.2) is 11.5 Å². The van der Waals surface area contributed by atoms with Crippen LogP contribution in [0.4, 0.5) is 5.69 Å². The Bertz CT molecular complexity index is 1190. The first kappa shape index (κ1) is 18.0. The molecule has 0 saturated carbocycles. The van der Waals surface area contributed by atoms with Crippen LogP contribution >= 0.6 is 23.1 Å². The van der Waals surface area contributed by atoms with E-state index in [2.05, 4.69) is 32.8 Å². The summed E-state index contributed by atoms with van der Waals surface area (Å²) in [5, 5.41) is 6.77. The van der Waals surface area contributed by atoms with Gasteiger partial charge in [-0.05, 0) is 17.7 Å². The average Bonchev–Trinajstić information content (AvgIpc) is 3.39. The molecule has 0 aliphatic carbocycles. The molecule has 8 heteroatoms. The minimum absolute atomic E-state index is 0.114. The number of hydrogen-bond donors (Lipinski definition) is 1. The van der Waals surface area contributed by atoms with Crippen molar-refractivity contribution in [3.05, 3.63) is 60.2 Å². The van der Waals surface area contributed by atoms with Gasteiger partial charge in [0.1, 0.15) is 16.2 Å². The molecule has 29 heavy (non-hydrogen) atoms. The van der Waals surface area contributed by atoms with Crippen LogP contribution in [0.5, 0.6) is 11.5 Å². The van der Waals surface area contributed by atoms with Crippen molar-refractivity contribution >= 4 is 44.9 Å². The van der Waals surface area contributed by atoms with Crippen LogP contribution in [-0.4, -0.2) is 28.4 Å². The van der Waals surface area contributed by atoms with Gasteiger partial charge in [-0.3, -0.25) is 4.79 Å². The lowest BCUT2D eigenvalue weighted by Crippen LogP contribution is -2.14. The number of thiophene rings is 1. The minimum Gasteiger partial charge on any atom is -0.454 e. The summed E-state index contributed by atoms with van der Waals surface area (Å²) >= 11 is 2.98. The van der Waals surface area contributed by atoms with Crippen molar-refractivity contribution in [1.29, 1.82) is 0 Å². The highest BCUT2D eigenvalue weighted by Gasteiger charge is 2.16. The summed E-state index contributed by atoms with van der Waals surface area (Å²) < 4.78 is 10.6.